The summed E-state index contributed by atoms with van der Waals surface area (Å²) >= 11 is 0. The zero-order chi connectivity index (χ0) is 20.5. The van der Waals surface area contributed by atoms with E-state index in [0.717, 1.165) is 42.6 Å². The van der Waals surface area contributed by atoms with E-state index < -0.39 is 11.6 Å². The monoisotopic (exact) mass is 398 g/mol. The van der Waals surface area contributed by atoms with E-state index in [4.69, 9.17) is 0 Å². The molecule has 1 unspecified atom stereocenters. The van der Waals surface area contributed by atoms with Crippen LogP contribution in [0.1, 0.15) is 12.5 Å². The molecule has 4 rings (SSSR count). The van der Waals surface area contributed by atoms with Crippen molar-refractivity contribution in [3.05, 3.63) is 59.9 Å². The van der Waals surface area contributed by atoms with Gasteiger partial charge in [-0.15, -0.1) is 5.10 Å². The molecule has 0 aliphatic carbocycles. The number of hydrogen-bond acceptors (Lipinski definition) is 5. The number of nitrogens with zero attached hydrogens (tertiary/aromatic N) is 5. The molecule has 1 fully saturated rings. The van der Waals surface area contributed by atoms with E-state index in [-0.39, 0.29) is 5.69 Å². The zero-order valence-corrected chi connectivity index (χ0v) is 16.7. The van der Waals surface area contributed by atoms with Crippen LogP contribution in [-0.2, 0) is 0 Å². The van der Waals surface area contributed by atoms with Crippen molar-refractivity contribution in [2.24, 2.45) is 0 Å². The lowest BCUT2D eigenvalue weighted by molar-refractivity contribution is 0.234. The van der Waals surface area contributed by atoms with Gasteiger partial charge in [-0.25, -0.2) is 13.5 Å². The zero-order valence-electron chi connectivity index (χ0n) is 16.7. The van der Waals surface area contributed by atoms with Gasteiger partial charge in [0.15, 0.2) is 0 Å². The molecule has 2 aromatic carbocycles. The molecule has 6 nitrogen and oxygen atoms in total. The highest BCUT2D eigenvalue weighted by Crippen LogP contribution is 2.26. The highest BCUT2D eigenvalue weighted by atomic mass is 19.1. The molecule has 1 saturated heterocycles. The highest BCUT2D eigenvalue weighted by molar-refractivity contribution is 5.64. The minimum absolute atomic E-state index is 0.277. The number of aromatic nitrogens is 3. The summed E-state index contributed by atoms with van der Waals surface area (Å²) < 4.78 is 28.3. The van der Waals surface area contributed by atoms with Gasteiger partial charge in [-0.05, 0) is 56.8 Å². The third kappa shape index (κ3) is 4.37. The van der Waals surface area contributed by atoms with Crippen LogP contribution in [0, 0.1) is 18.6 Å². The summed E-state index contributed by atoms with van der Waals surface area (Å²) in [6.07, 6.45) is 1.43. The minimum atomic E-state index is -0.658. The summed E-state index contributed by atoms with van der Waals surface area (Å²) in [6.45, 7) is 7.25. The van der Waals surface area contributed by atoms with Gasteiger partial charge >= 0.3 is 0 Å². The topological polar surface area (TPSA) is 49.2 Å². The standard InChI is InChI=1S/C21H24F2N6/c1-14-6-18(11-19(7-14)28-5-4-27(3)15(2)12-28)25-21-24-13-29(26-21)20-9-16(22)8-17(23)10-20/h6-11,13,15H,4-5,12H2,1-3H3,(H,25,26). The lowest BCUT2D eigenvalue weighted by Crippen LogP contribution is -2.50. The van der Waals surface area contributed by atoms with E-state index in [9.17, 15) is 8.78 Å². The molecule has 1 aliphatic rings. The lowest BCUT2D eigenvalue weighted by Gasteiger charge is -2.39. The number of nitrogens with one attached hydrogen (secondary N) is 1. The summed E-state index contributed by atoms with van der Waals surface area (Å²) in [5.74, 6) is -0.956. The van der Waals surface area contributed by atoms with Gasteiger partial charge in [0.25, 0.3) is 0 Å². The maximum absolute atomic E-state index is 13.5. The molecule has 2 heterocycles. The Morgan fingerprint density at radius 1 is 1.00 bits per heavy atom. The Bertz CT molecular complexity index is 998. The van der Waals surface area contributed by atoms with E-state index in [2.05, 4.69) is 58.2 Å². The maximum Gasteiger partial charge on any atom is 0.246 e. The second-order valence-electron chi connectivity index (χ2n) is 7.60. The molecular formula is C21H24F2N6. The van der Waals surface area contributed by atoms with E-state index >= 15 is 0 Å². The lowest BCUT2D eigenvalue weighted by atomic mass is 10.1. The van der Waals surface area contributed by atoms with Gasteiger partial charge in [0.05, 0.1) is 5.69 Å². The van der Waals surface area contributed by atoms with Crippen LogP contribution in [0.2, 0.25) is 0 Å². The number of likely N-dealkylation sites (N-methyl/N-ethyl adjacent to an activating group) is 1. The molecule has 0 amide bonds. The van der Waals surface area contributed by atoms with Crippen LogP contribution in [0.15, 0.2) is 42.7 Å². The van der Waals surface area contributed by atoms with Crippen LogP contribution >= 0.6 is 0 Å². The van der Waals surface area contributed by atoms with Gasteiger partial charge < -0.3 is 15.1 Å². The summed E-state index contributed by atoms with van der Waals surface area (Å²) in [4.78, 5) is 8.95. The van der Waals surface area contributed by atoms with Crippen LogP contribution in [0.4, 0.5) is 26.1 Å². The largest absolute Gasteiger partial charge is 0.369 e. The first-order valence-corrected chi connectivity index (χ1v) is 9.59. The fraction of sp³-hybridized carbons (Fsp3) is 0.333. The van der Waals surface area contributed by atoms with Crippen molar-refractivity contribution in [3.63, 3.8) is 0 Å². The molecule has 0 radical (unpaired) electrons. The van der Waals surface area contributed by atoms with Crippen molar-refractivity contribution in [2.75, 3.05) is 36.9 Å². The van der Waals surface area contributed by atoms with E-state index in [1.807, 2.05) is 6.07 Å². The van der Waals surface area contributed by atoms with Crippen molar-refractivity contribution in [1.29, 1.82) is 0 Å². The molecule has 1 aromatic heterocycles. The van der Waals surface area contributed by atoms with E-state index in [1.54, 1.807) is 0 Å². The molecule has 1 atom stereocenters. The Hall–Kier alpha value is -3.00. The minimum Gasteiger partial charge on any atom is -0.369 e. The first kappa shape index (κ1) is 19.3. The fourth-order valence-electron chi connectivity index (χ4n) is 3.55. The Morgan fingerprint density at radius 3 is 2.48 bits per heavy atom. The van der Waals surface area contributed by atoms with Gasteiger partial charge in [0.1, 0.15) is 18.0 Å². The van der Waals surface area contributed by atoms with Crippen molar-refractivity contribution < 1.29 is 8.78 Å². The van der Waals surface area contributed by atoms with Crippen LogP contribution in [0.5, 0.6) is 0 Å². The molecule has 1 aliphatic heterocycles. The summed E-state index contributed by atoms with van der Waals surface area (Å²) in [6, 6.07) is 10.0. The first-order valence-electron chi connectivity index (χ1n) is 9.59. The maximum atomic E-state index is 13.5. The van der Waals surface area contributed by atoms with E-state index in [0.29, 0.717) is 12.0 Å². The summed E-state index contributed by atoms with van der Waals surface area (Å²) in [5, 5.41) is 7.49. The van der Waals surface area contributed by atoms with Crippen LogP contribution in [0.3, 0.4) is 0 Å². The predicted octanol–water partition coefficient (Wildman–Crippen LogP) is 3.74. The molecule has 8 heteroatoms. The molecule has 3 aromatic rings. The van der Waals surface area contributed by atoms with Crippen molar-refractivity contribution >= 4 is 17.3 Å². The normalized spacial score (nSPS) is 17.6. The van der Waals surface area contributed by atoms with Gasteiger partial charge in [-0.1, -0.05) is 0 Å². The fourth-order valence-corrected chi connectivity index (χ4v) is 3.55. The van der Waals surface area contributed by atoms with E-state index in [1.165, 1.54) is 23.1 Å². The molecule has 0 saturated carbocycles. The number of anilines is 3. The number of hydrogen-bond donors (Lipinski definition) is 1. The van der Waals surface area contributed by atoms with Crippen molar-refractivity contribution in [3.8, 4) is 5.69 Å². The SMILES string of the molecule is Cc1cc(Nc2ncn(-c3cc(F)cc(F)c3)n2)cc(N2CCN(C)C(C)C2)c1. The van der Waals surface area contributed by atoms with Crippen molar-refractivity contribution in [1.82, 2.24) is 19.7 Å². The Morgan fingerprint density at radius 2 is 1.76 bits per heavy atom. The smallest absolute Gasteiger partial charge is 0.246 e. The van der Waals surface area contributed by atoms with Gasteiger partial charge in [0, 0.05) is 43.1 Å². The average Bonchev–Trinajstić information content (AvgIpc) is 3.11. The van der Waals surface area contributed by atoms with Crippen molar-refractivity contribution in [2.45, 2.75) is 19.9 Å². The third-order valence-corrected chi connectivity index (χ3v) is 5.25. The van der Waals surface area contributed by atoms with Gasteiger partial charge in [-0.3, -0.25) is 0 Å². The number of piperazine rings is 1. The quantitative estimate of drug-likeness (QED) is 0.726. The first-order chi connectivity index (χ1) is 13.9. The van der Waals surface area contributed by atoms with Crippen LogP contribution < -0.4 is 10.2 Å². The second-order valence-corrected chi connectivity index (χ2v) is 7.60. The van der Waals surface area contributed by atoms with Crippen LogP contribution in [-0.4, -0.2) is 52.4 Å². The Labute approximate surface area is 168 Å². The second kappa shape index (κ2) is 7.79. The van der Waals surface area contributed by atoms with Crippen LogP contribution in [0.25, 0.3) is 5.69 Å². The average molecular weight is 398 g/mol. The Balaban J connectivity index is 1.54. The van der Waals surface area contributed by atoms with Gasteiger partial charge in [-0.2, -0.15) is 4.98 Å². The molecule has 152 valence electrons. The third-order valence-electron chi connectivity index (χ3n) is 5.25. The molecule has 1 N–H and O–H groups in total. The molecule has 0 spiro atoms. The number of benzene rings is 2. The summed E-state index contributed by atoms with van der Waals surface area (Å²) in [5.41, 5.74) is 3.43. The Kier molecular flexibility index (Phi) is 5.19. The molecule has 29 heavy (non-hydrogen) atoms. The number of aryl methyl sites for hydroxylation is 1. The molecular weight excluding hydrogens is 374 g/mol. The van der Waals surface area contributed by atoms with Gasteiger partial charge in [0.2, 0.25) is 5.95 Å². The molecule has 0 bridgehead atoms. The summed E-state index contributed by atoms with van der Waals surface area (Å²) in [7, 11) is 2.15. The number of halogens is 2. The predicted molar refractivity (Wildman–Crippen MR) is 110 cm³/mol. The highest BCUT2D eigenvalue weighted by Gasteiger charge is 2.21. The number of rotatable bonds is 4.